The van der Waals surface area contributed by atoms with Gasteiger partial charge in [-0.1, -0.05) is 23.7 Å². The van der Waals surface area contributed by atoms with E-state index in [2.05, 4.69) is 0 Å². The van der Waals surface area contributed by atoms with Crippen LogP contribution in [0.1, 0.15) is 24.5 Å². The zero-order valence-corrected chi connectivity index (χ0v) is 11.6. The number of amides is 1. The number of benzene rings is 1. The highest BCUT2D eigenvalue weighted by Crippen LogP contribution is 2.24. The zero-order chi connectivity index (χ0) is 13.7. The molecular weight excluding hydrogens is 264 g/mol. The molecule has 5 heteroatoms. The summed E-state index contributed by atoms with van der Waals surface area (Å²) >= 11 is 5.87. The second-order valence-corrected chi connectivity index (χ2v) is 5.08. The first kappa shape index (κ1) is 14.3. The molecule has 1 fully saturated rings. The number of halogens is 1. The Morgan fingerprint density at radius 1 is 1.42 bits per heavy atom. The van der Waals surface area contributed by atoms with Crippen LogP contribution in [-0.4, -0.2) is 37.0 Å². The molecule has 1 amide bonds. The van der Waals surface area contributed by atoms with Crippen LogP contribution in [0.4, 0.5) is 0 Å². The maximum Gasteiger partial charge on any atom is 0.222 e. The van der Waals surface area contributed by atoms with Crippen LogP contribution in [-0.2, 0) is 9.53 Å². The van der Waals surface area contributed by atoms with Gasteiger partial charge >= 0.3 is 0 Å². The van der Waals surface area contributed by atoms with E-state index in [0.717, 1.165) is 12.0 Å². The van der Waals surface area contributed by atoms with Gasteiger partial charge in [0.05, 0.1) is 13.2 Å². The minimum Gasteiger partial charge on any atom is -0.370 e. The molecule has 1 aromatic rings. The number of ether oxygens (including phenoxy) is 1. The lowest BCUT2D eigenvalue weighted by Gasteiger charge is -2.33. The number of nitrogens with two attached hydrogens (primary N) is 1. The molecule has 0 radical (unpaired) electrons. The lowest BCUT2D eigenvalue weighted by atomic mass is 10.1. The number of nitrogens with zero attached hydrogens (tertiary/aromatic N) is 1. The predicted molar refractivity (Wildman–Crippen MR) is 75.0 cm³/mol. The van der Waals surface area contributed by atoms with Crippen molar-refractivity contribution in [2.75, 3.05) is 26.2 Å². The summed E-state index contributed by atoms with van der Waals surface area (Å²) in [4.78, 5) is 13.8. The van der Waals surface area contributed by atoms with Crippen molar-refractivity contribution >= 4 is 17.5 Å². The number of carbonyl (C=O) groups is 1. The van der Waals surface area contributed by atoms with Gasteiger partial charge in [-0.25, -0.2) is 0 Å². The Morgan fingerprint density at radius 2 is 2.16 bits per heavy atom. The van der Waals surface area contributed by atoms with Gasteiger partial charge in [0, 0.05) is 18.0 Å². The van der Waals surface area contributed by atoms with Gasteiger partial charge in [0.25, 0.3) is 0 Å². The standard InChI is InChI=1S/C14H19ClN2O2/c15-12-5-3-11(4-6-12)13-10-17(8-9-19-13)14(18)2-1-7-16/h3-6,13H,1-2,7-10,16H2/t13-/m0/s1. The van der Waals surface area contributed by atoms with Gasteiger partial charge in [-0.05, 0) is 30.7 Å². The van der Waals surface area contributed by atoms with Gasteiger partial charge in [-0.2, -0.15) is 0 Å². The molecule has 1 aromatic carbocycles. The fourth-order valence-corrected chi connectivity index (χ4v) is 2.29. The highest BCUT2D eigenvalue weighted by Gasteiger charge is 2.24. The Labute approximate surface area is 118 Å². The minimum atomic E-state index is -0.0622. The number of morpholine rings is 1. The van der Waals surface area contributed by atoms with Gasteiger partial charge in [-0.15, -0.1) is 0 Å². The smallest absolute Gasteiger partial charge is 0.222 e. The van der Waals surface area contributed by atoms with Crippen LogP contribution in [0.2, 0.25) is 5.02 Å². The second kappa shape index (κ2) is 6.89. The molecule has 19 heavy (non-hydrogen) atoms. The molecule has 104 valence electrons. The Balaban J connectivity index is 1.96. The number of carbonyl (C=O) groups excluding carboxylic acids is 1. The number of rotatable bonds is 4. The van der Waals surface area contributed by atoms with E-state index in [0.29, 0.717) is 37.7 Å². The quantitative estimate of drug-likeness (QED) is 0.919. The van der Waals surface area contributed by atoms with E-state index in [1.165, 1.54) is 0 Å². The Bertz CT molecular complexity index is 422. The number of hydrogen-bond donors (Lipinski definition) is 1. The molecule has 1 saturated heterocycles. The van der Waals surface area contributed by atoms with E-state index in [4.69, 9.17) is 22.1 Å². The summed E-state index contributed by atoms with van der Waals surface area (Å²) in [6, 6.07) is 7.58. The number of hydrogen-bond acceptors (Lipinski definition) is 3. The van der Waals surface area contributed by atoms with Crippen LogP contribution < -0.4 is 5.73 Å². The Kier molecular flexibility index (Phi) is 5.19. The topological polar surface area (TPSA) is 55.6 Å². The van der Waals surface area contributed by atoms with E-state index in [9.17, 15) is 4.79 Å². The van der Waals surface area contributed by atoms with Gasteiger partial charge in [-0.3, -0.25) is 4.79 Å². The first-order valence-electron chi connectivity index (χ1n) is 6.55. The SMILES string of the molecule is NCCCC(=O)N1CCO[C@H](c2ccc(Cl)cc2)C1. The summed E-state index contributed by atoms with van der Waals surface area (Å²) in [5, 5.41) is 0.704. The fraction of sp³-hybridized carbons (Fsp3) is 0.500. The summed E-state index contributed by atoms with van der Waals surface area (Å²) in [7, 11) is 0. The summed E-state index contributed by atoms with van der Waals surface area (Å²) in [6.45, 7) is 2.39. The molecule has 1 heterocycles. The van der Waals surface area contributed by atoms with Crippen molar-refractivity contribution < 1.29 is 9.53 Å². The maximum absolute atomic E-state index is 12.0. The molecule has 0 aliphatic carbocycles. The van der Waals surface area contributed by atoms with E-state index >= 15 is 0 Å². The van der Waals surface area contributed by atoms with Crippen molar-refractivity contribution in [1.29, 1.82) is 0 Å². The normalized spacial score (nSPS) is 19.5. The summed E-state index contributed by atoms with van der Waals surface area (Å²) in [6.07, 6.45) is 1.19. The van der Waals surface area contributed by atoms with E-state index in [1.54, 1.807) is 0 Å². The molecule has 2 N–H and O–H groups in total. The first-order chi connectivity index (χ1) is 9.20. The monoisotopic (exact) mass is 282 g/mol. The van der Waals surface area contributed by atoms with Gasteiger partial charge < -0.3 is 15.4 Å². The lowest BCUT2D eigenvalue weighted by molar-refractivity contribution is -0.139. The highest BCUT2D eigenvalue weighted by atomic mass is 35.5. The maximum atomic E-state index is 12.0. The predicted octanol–water partition coefficient (Wildman–Crippen LogP) is 1.98. The lowest BCUT2D eigenvalue weighted by Crippen LogP contribution is -2.42. The van der Waals surface area contributed by atoms with Crippen molar-refractivity contribution in [3.05, 3.63) is 34.9 Å². The molecule has 0 saturated carbocycles. The Hall–Kier alpha value is -1.10. The molecule has 1 aliphatic heterocycles. The van der Waals surface area contributed by atoms with Crippen LogP contribution in [0, 0.1) is 0 Å². The molecule has 2 rings (SSSR count). The van der Waals surface area contributed by atoms with Gasteiger partial charge in [0.1, 0.15) is 6.10 Å². The molecule has 0 spiro atoms. The molecular formula is C14H19ClN2O2. The largest absolute Gasteiger partial charge is 0.370 e. The van der Waals surface area contributed by atoms with Crippen molar-refractivity contribution in [2.24, 2.45) is 5.73 Å². The third-order valence-corrected chi connectivity index (χ3v) is 3.51. The molecule has 0 unspecified atom stereocenters. The van der Waals surface area contributed by atoms with Crippen molar-refractivity contribution in [1.82, 2.24) is 4.90 Å². The Morgan fingerprint density at radius 3 is 2.84 bits per heavy atom. The van der Waals surface area contributed by atoms with Crippen molar-refractivity contribution in [2.45, 2.75) is 18.9 Å². The summed E-state index contributed by atoms with van der Waals surface area (Å²) in [5.74, 6) is 0.160. The van der Waals surface area contributed by atoms with Crippen molar-refractivity contribution in [3.63, 3.8) is 0 Å². The molecule has 0 aromatic heterocycles. The average Bonchev–Trinajstić information content (AvgIpc) is 2.45. The molecule has 1 atom stereocenters. The van der Waals surface area contributed by atoms with E-state index in [1.807, 2.05) is 29.2 Å². The van der Waals surface area contributed by atoms with Crippen LogP contribution in [0.3, 0.4) is 0 Å². The summed E-state index contributed by atoms with van der Waals surface area (Å²) in [5.41, 5.74) is 6.49. The van der Waals surface area contributed by atoms with E-state index < -0.39 is 0 Å². The van der Waals surface area contributed by atoms with Crippen LogP contribution in [0.25, 0.3) is 0 Å². The van der Waals surface area contributed by atoms with Crippen molar-refractivity contribution in [3.8, 4) is 0 Å². The van der Waals surface area contributed by atoms with E-state index in [-0.39, 0.29) is 12.0 Å². The van der Waals surface area contributed by atoms with Crippen LogP contribution in [0.5, 0.6) is 0 Å². The fourth-order valence-electron chi connectivity index (χ4n) is 2.17. The van der Waals surface area contributed by atoms with Gasteiger partial charge in [0.2, 0.25) is 5.91 Å². The highest BCUT2D eigenvalue weighted by molar-refractivity contribution is 6.30. The molecule has 0 bridgehead atoms. The van der Waals surface area contributed by atoms with Crippen LogP contribution >= 0.6 is 11.6 Å². The first-order valence-corrected chi connectivity index (χ1v) is 6.93. The average molecular weight is 283 g/mol. The van der Waals surface area contributed by atoms with Crippen LogP contribution in [0.15, 0.2) is 24.3 Å². The zero-order valence-electron chi connectivity index (χ0n) is 10.8. The third-order valence-electron chi connectivity index (χ3n) is 3.26. The molecule has 4 nitrogen and oxygen atoms in total. The molecule has 1 aliphatic rings. The minimum absolute atomic E-state index is 0.0622. The van der Waals surface area contributed by atoms with Gasteiger partial charge in [0.15, 0.2) is 0 Å². The second-order valence-electron chi connectivity index (χ2n) is 4.64. The summed E-state index contributed by atoms with van der Waals surface area (Å²) < 4.78 is 5.73. The third kappa shape index (κ3) is 3.93.